The van der Waals surface area contributed by atoms with Gasteiger partial charge in [-0.05, 0) is 39.2 Å². The zero-order valence-electron chi connectivity index (χ0n) is 11.0. The average Bonchev–Trinajstić information content (AvgIpc) is 2.95. The highest BCUT2D eigenvalue weighted by Crippen LogP contribution is 2.28. The van der Waals surface area contributed by atoms with Crippen LogP contribution in [0.25, 0.3) is 0 Å². The van der Waals surface area contributed by atoms with Crippen molar-refractivity contribution in [2.75, 3.05) is 6.54 Å². The van der Waals surface area contributed by atoms with Crippen LogP contribution in [-0.4, -0.2) is 11.5 Å². The normalized spacial score (nSPS) is 18.7. The summed E-state index contributed by atoms with van der Waals surface area (Å²) in [5, 5.41) is 6.92. The molecule has 1 unspecified atom stereocenters. The van der Waals surface area contributed by atoms with Crippen molar-refractivity contribution in [3.8, 4) is 0 Å². The van der Waals surface area contributed by atoms with Crippen LogP contribution in [0.5, 0.6) is 0 Å². The Morgan fingerprint density at radius 1 is 1.47 bits per heavy atom. The highest BCUT2D eigenvalue weighted by Gasteiger charge is 2.14. The van der Waals surface area contributed by atoms with E-state index in [1.54, 1.807) is 11.3 Å². The Morgan fingerprint density at radius 3 is 2.88 bits per heavy atom. The first-order valence-corrected chi connectivity index (χ1v) is 7.79. The fourth-order valence-corrected chi connectivity index (χ4v) is 3.40. The van der Waals surface area contributed by atoms with E-state index < -0.39 is 0 Å². The summed E-state index contributed by atoms with van der Waals surface area (Å²) in [5.74, 6) is 1.02. The maximum atomic E-state index is 4.52. The van der Waals surface area contributed by atoms with Crippen LogP contribution >= 0.6 is 11.3 Å². The predicted molar refractivity (Wildman–Crippen MR) is 74.5 cm³/mol. The van der Waals surface area contributed by atoms with Gasteiger partial charge in [0.2, 0.25) is 0 Å². The molecule has 0 spiro atoms. The van der Waals surface area contributed by atoms with Crippen molar-refractivity contribution in [3.05, 3.63) is 16.1 Å². The van der Waals surface area contributed by atoms with Crippen molar-refractivity contribution < 1.29 is 0 Å². The van der Waals surface area contributed by atoms with E-state index in [2.05, 4.69) is 29.5 Å². The molecule has 2 rings (SSSR count). The number of nitrogens with one attached hydrogen (secondary N) is 1. The fourth-order valence-electron chi connectivity index (χ4n) is 2.69. The van der Waals surface area contributed by atoms with Crippen molar-refractivity contribution in [1.29, 1.82) is 0 Å². The number of rotatable bonds is 6. The van der Waals surface area contributed by atoms with Gasteiger partial charge < -0.3 is 5.32 Å². The highest BCUT2D eigenvalue weighted by atomic mass is 32.1. The van der Waals surface area contributed by atoms with Crippen LogP contribution in [0.3, 0.4) is 0 Å². The number of hydrogen-bond acceptors (Lipinski definition) is 3. The van der Waals surface area contributed by atoms with E-state index in [1.807, 2.05) is 0 Å². The van der Waals surface area contributed by atoms with E-state index >= 15 is 0 Å². The molecule has 0 aromatic carbocycles. The lowest BCUT2D eigenvalue weighted by molar-refractivity contribution is 0.454. The number of hydrogen-bond donors (Lipinski definition) is 1. The van der Waals surface area contributed by atoms with Crippen LogP contribution in [0.1, 0.15) is 62.2 Å². The summed E-state index contributed by atoms with van der Waals surface area (Å²) < 4.78 is 0. The second-order valence-electron chi connectivity index (χ2n) is 5.26. The van der Waals surface area contributed by atoms with Crippen LogP contribution < -0.4 is 5.32 Å². The third-order valence-electron chi connectivity index (χ3n) is 3.79. The van der Waals surface area contributed by atoms with Gasteiger partial charge in [-0.2, -0.15) is 0 Å². The van der Waals surface area contributed by atoms with Gasteiger partial charge in [-0.3, -0.25) is 0 Å². The van der Waals surface area contributed by atoms with Gasteiger partial charge in [0.1, 0.15) is 0 Å². The minimum atomic E-state index is 0.406. The largest absolute Gasteiger partial charge is 0.309 e. The van der Waals surface area contributed by atoms with E-state index in [0.29, 0.717) is 6.04 Å². The van der Waals surface area contributed by atoms with Crippen molar-refractivity contribution in [1.82, 2.24) is 10.3 Å². The van der Waals surface area contributed by atoms with E-state index in [9.17, 15) is 0 Å². The minimum absolute atomic E-state index is 0.406. The molecule has 0 amide bonds. The molecule has 0 saturated heterocycles. The molecule has 0 aliphatic heterocycles. The summed E-state index contributed by atoms with van der Waals surface area (Å²) in [6.45, 7) is 5.42. The summed E-state index contributed by atoms with van der Waals surface area (Å²) in [7, 11) is 0. The first kappa shape index (κ1) is 13.0. The molecule has 3 heteroatoms. The molecule has 1 aliphatic rings. The van der Waals surface area contributed by atoms with Gasteiger partial charge in [-0.25, -0.2) is 4.98 Å². The monoisotopic (exact) mass is 252 g/mol. The van der Waals surface area contributed by atoms with E-state index in [4.69, 9.17) is 0 Å². The first-order valence-electron chi connectivity index (χ1n) is 6.91. The van der Waals surface area contributed by atoms with Crippen LogP contribution in [0.15, 0.2) is 5.38 Å². The summed E-state index contributed by atoms with van der Waals surface area (Å²) in [5.41, 5.74) is 1.20. The number of nitrogens with zero attached hydrogens (tertiary/aromatic N) is 1. The molecule has 0 radical (unpaired) electrons. The van der Waals surface area contributed by atoms with Gasteiger partial charge in [0, 0.05) is 11.4 Å². The standard InChI is InChI=1S/C14H24N2S/c1-11(14-10-17-12(2)16-14)15-9-5-8-13-6-3-4-7-13/h10-11,13,15H,3-9H2,1-2H3. The molecule has 1 aliphatic carbocycles. The number of aryl methyl sites for hydroxylation is 1. The average molecular weight is 252 g/mol. The van der Waals surface area contributed by atoms with Gasteiger partial charge in [0.15, 0.2) is 0 Å². The van der Waals surface area contributed by atoms with E-state index in [1.165, 1.54) is 49.2 Å². The predicted octanol–water partition coefficient (Wildman–Crippen LogP) is 4.07. The van der Waals surface area contributed by atoms with E-state index in [0.717, 1.165) is 12.5 Å². The molecule has 1 aromatic heterocycles. The topological polar surface area (TPSA) is 24.9 Å². The fraction of sp³-hybridized carbons (Fsp3) is 0.786. The molecule has 1 fully saturated rings. The van der Waals surface area contributed by atoms with Crippen molar-refractivity contribution in [2.45, 2.75) is 58.4 Å². The smallest absolute Gasteiger partial charge is 0.0898 e. The Balaban J connectivity index is 1.61. The van der Waals surface area contributed by atoms with Gasteiger partial charge in [-0.1, -0.05) is 25.7 Å². The summed E-state index contributed by atoms with van der Waals surface area (Å²) in [6.07, 6.45) is 8.61. The lowest BCUT2D eigenvalue weighted by Crippen LogP contribution is -2.20. The Bertz CT molecular complexity index is 329. The quantitative estimate of drug-likeness (QED) is 0.772. The Labute approximate surface area is 109 Å². The van der Waals surface area contributed by atoms with Crippen LogP contribution in [-0.2, 0) is 0 Å². The minimum Gasteiger partial charge on any atom is -0.309 e. The first-order chi connectivity index (χ1) is 8.25. The highest BCUT2D eigenvalue weighted by molar-refractivity contribution is 7.09. The molecule has 96 valence electrons. The SMILES string of the molecule is Cc1nc(C(C)NCCCC2CCCC2)cs1. The molecular formula is C14H24N2S. The summed E-state index contributed by atoms with van der Waals surface area (Å²) >= 11 is 1.74. The molecule has 17 heavy (non-hydrogen) atoms. The van der Waals surface area contributed by atoms with Gasteiger partial charge in [0.25, 0.3) is 0 Å². The molecule has 1 aromatic rings. The van der Waals surface area contributed by atoms with Gasteiger partial charge in [-0.15, -0.1) is 11.3 Å². The number of aromatic nitrogens is 1. The second-order valence-corrected chi connectivity index (χ2v) is 6.32. The molecular weight excluding hydrogens is 228 g/mol. The molecule has 0 bridgehead atoms. The third-order valence-corrected chi connectivity index (χ3v) is 4.59. The van der Waals surface area contributed by atoms with Crippen molar-refractivity contribution >= 4 is 11.3 Å². The zero-order valence-corrected chi connectivity index (χ0v) is 11.9. The van der Waals surface area contributed by atoms with E-state index in [-0.39, 0.29) is 0 Å². The van der Waals surface area contributed by atoms with Crippen LogP contribution in [0, 0.1) is 12.8 Å². The Kier molecular flexibility index (Phi) is 4.99. The lowest BCUT2D eigenvalue weighted by atomic mass is 10.0. The van der Waals surface area contributed by atoms with Crippen LogP contribution in [0.2, 0.25) is 0 Å². The summed E-state index contributed by atoms with van der Waals surface area (Å²) in [6, 6.07) is 0.406. The van der Waals surface area contributed by atoms with Gasteiger partial charge >= 0.3 is 0 Å². The maximum Gasteiger partial charge on any atom is 0.0898 e. The maximum absolute atomic E-state index is 4.52. The number of thiazole rings is 1. The lowest BCUT2D eigenvalue weighted by Gasteiger charge is -2.13. The molecule has 1 atom stereocenters. The second kappa shape index (κ2) is 6.50. The Hall–Kier alpha value is -0.410. The molecule has 1 N–H and O–H groups in total. The molecule has 1 saturated carbocycles. The van der Waals surface area contributed by atoms with Gasteiger partial charge in [0.05, 0.1) is 10.7 Å². The third kappa shape index (κ3) is 4.07. The van der Waals surface area contributed by atoms with Crippen LogP contribution in [0.4, 0.5) is 0 Å². The van der Waals surface area contributed by atoms with Crippen molar-refractivity contribution in [2.24, 2.45) is 5.92 Å². The van der Waals surface area contributed by atoms with Crippen molar-refractivity contribution in [3.63, 3.8) is 0 Å². The molecule has 1 heterocycles. The zero-order chi connectivity index (χ0) is 12.1. The molecule has 2 nitrogen and oxygen atoms in total. The summed E-state index contributed by atoms with van der Waals surface area (Å²) in [4.78, 5) is 4.52. The Morgan fingerprint density at radius 2 is 2.24 bits per heavy atom.